The van der Waals surface area contributed by atoms with E-state index in [2.05, 4.69) is 30.6 Å². The molecule has 5 nitrogen and oxygen atoms in total. The van der Waals surface area contributed by atoms with E-state index >= 15 is 0 Å². The Morgan fingerprint density at radius 1 is 1.32 bits per heavy atom. The number of sulfonamides is 1. The molecule has 2 aromatic heterocycles. The summed E-state index contributed by atoms with van der Waals surface area (Å²) in [5.74, 6) is 0.256. The van der Waals surface area contributed by atoms with Gasteiger partial charge >= 0.3 is 0 Å². The molecular weight excluding hydrogens is 354 g/mol. The van der Waals surface area contributed by atoms with E-state index in [1.54, 1.807) is 12.1 Å². The predicted octanol–water partition coefficient (Wildman–Crippen LogP) is 3.00. The average molecular weight is 363 g/mol. The average Bonchev–Trinajstić information content (AvgIpc) is 2.32. The van der Waals surface area contributed by atoms with Crippen LogP contribution >= 0.6 is 27.5 Å². The van der Waals surface area contributed by atoms with Gasteiger partial charge in [0.25, 0.3) is 10.0 Å². The minimum Gasteiger partial charge on any atom is -0.263 e. The molecule has 0 spiro atoms. The molecule has 0 aromatic carbocycles. The quantitative estimate of drug-likeness (QED) is 0.852. The predicted molar refractivity (Wildman–Crippen MR) is 76.7 cm³/mol. The first-order chi connectivity index (χ1) is 8.88. The van der Waals surface area contributed by atoms with Gasteiger partial charge in [-0.1, -0.05) is 11.6 Å². The Hall–Kier alpha value is -1.18. The molecule has 19 heavy (non-hydrogen) atoms. The summed E-state index contributed by atoms with van der Waals surface area (Å²) >= 11 is 8.86. The fourth-order valence-electron chi connectivity index (χ4n) is 1.34. The molecule has 0 aliphatic heterocycles. The van der Waals surface area contributed by atoms with Crippen LogP contribution in [0.25, 0.3) is 0 Å². The van der Waals surface area contributed by atoms with E-state index in [1.807, 2.05) is 6.92 Å². The molecule has 2 heterocycles. The summed E-state index contributed by atoms with van der Waals surface area (Å²) in [6.45, 7) is 1.85. The second kappa shape index (κ2) is 5.44. The van der Waals surface area contributed by atoms with Crippen molar-refractivity contribution in [2.75, 3.05) is 4.72 Å². The minimum absolute atomic E-state index is 0.00656. The number of anilines is 1. The Kier molecular flexibility index (Phi) is 4.07. The molecule has 2 rings (SSSR count). The molecule has 100 valence electrons. The molecular formula is C11H9BrClN3O2S. The zero-order chi connectivity index (χ0) is 14.0. The first-order valence-corrected chi connectivity index (χ1v) is 7.80. The molecule has 0 fully saturated rings. The second-order valence-electron chi connectivity index (χ2n) is 3.77. The van der Waals surface area contributed by atoms with Crippen molar-refractivity contribution in [3.05, 3.63) is 45.8 Å². The zero-order valence-corrected chi connectivity index (χ0v) is 12.9. The minimum atomic E-state index is -3.73. The van der Waals surface area contributed by atoms with E-state index in [0.717, 1.165) is 5.56 Å². The van der Waals surface area contributed by atoms with Crippen LogP contribution < -0.4 is 4.72 Å². The van der Waals surface area contributed by atoms with Gasteiger partial charge in [-0.25, -0.2) is 18.4 Å². The van der Waals surface area contributed by atoms with Crippen molar-refractivity contribution in [3.63, 3.8) is 0 Å². The molecule has 0 aliphatic carbocycles. The summed E-state index contributed by atoms with van der Waals surface area (Å²) in [5.41, 5.74) is 0.906. The fraction of sp³-hybridized carbons (Fsp3) is 0.0909. The molecule has 0 saturated heterocycles. The Labute approximate surface area is 124 Å². The molecule has 2 aromatic rings. The number of hydrogen-bond acceptors (Lipinski definition) is 4. The van der Waals surface area contributed by atoms with Crippen LogP contribution in [0.3, 0.4) is 0 Å². The monoisotopic (exact) mass is 361 g/mol. The first-order valence-electron chi connectivity index (χ1n) is 5.15. The molecule has 0 unspecified atom stereocenters. The number of nitrogens with one attached hydrogen (secondary N) is 1. The van der Waals surface area contributed by atoms with Crippen LogP contribution in [-0.4, -0.2) is 18.4 Å². The van der Waals surface area contributed by atoms with Gasteiger partial charge < -0.3 is 0 Å². The second-order valence-corrected chi connectivity index (χ2v) is 6.66. The number of nitrogens with zero attached hydrogens (tertiary/aromatic N) is 2. The molecule has 0 radical (unpaired) electrons. The van der Waals surface area contributed by atoms with Gasteiger partial charge in [-0.05, 0) is 46.6 Å². The van der Waals surface area contributed by atoms with E-state index < -0.39 is 10.0 Å². The third-order valence-electron chi connectivity index (χ3n) is 2.24. The third-order valence-corrected chi connectivity index (χ3v) is 4.69. The van der Waals surface area contributed by atoms with Gasteiger partial charge in [0.2, 0.25) is 0 Å². The number of aromatic nitrogens is 2. The lowest BCUT2D eigenvalue weighted by Crippen LogP contribution is -2.14. The lowest BCUT2D eigenvalue weighted by Gasteiger charge is -2.08. The third kappa shape index (κ3) is 3.43. The van der Waals surface area contributed by atoms with Gasteiger partial charge in [0, 0.05) is 12.4 Å². The maximum Gasteiger partial charge on any atom is 0.264 e. The van der Waals surface area contributed by atoms with Gasteiger partial charge in [0.1, 0.15) is 15.9 Å². The van der Waals surface area contributed by atoms with Gasteiger partial charge in [-0.2, -0.15) is 0 Å². The highest BCUT2D eigenvalue weighted by molar-refractivity contribution is 9.10. The summed E-state index contributed by atoms with van der Waals surface area (Å²) < 4.78 is 27.0. The van der Waals surface area contributed by atoms with E-state index in [4.69, 9.17) is 11.6 Å². The van der Waals surface area contributed by atoms with Crippen molar-refractivity contribution in [1.82, 2.24) is 9.97 Å². The Morgan fingerprint density at radius 2 is 2.05 bits per heavy atom. The zero-order valence-electron chi connectivity index (χ0n) is 9.76. The lowest BCUT2D eigenvalue weighted by atomic mass is 10.3. The molecule has 0 bridgehead atoms. The van der Waals surface area contributed by atoms with Crippen LogP contribution in [0, 0.1) is 6.92 Å². The van der Waals surface area contributed by atoms with Crippen molar-refractivity contribution in [2.24, 2.45) is 0 Å². The maximum atomic E-state index is 12.1. The lowest BCUT2D eigenvalue weighted by molar-refractivity contribution is 0.600. The van der Waals surface area contributed by atoms with Crippen molar-refractivity contribution >= 4 is 43.4 Å². The molecule has 0 aliphatic rings. The number of rotatable bonds is 3. The first kappa shape index (κ1) is 14.2. The van der Waals surface area contributed by atoms with Crippen molar-refractivity contribution in [3.8, 4) is 0 Å². The molecule has 0 saturated carbocycles. The van der Waals surface area contributed by atoms with Crippen LogP contribution in [0.2, 0.25) is 5.15 Å². The largest absolute Gasteiger partial charge is 0.264 e. The molecule has 0 atom stereocenters. The number of hydrogen-bond donors (Lipinski definition) is 1. The van der Waals surface area contributed by atoms with Crippen LogP contribution in [0.15, 0.2) is 40.0 Å². The van der Waals surface area contributed by atoms with Crippen molar-refractivity contribution < 1.29 is 8.42 Å². The highest BCUT2D eigenvalue weighted by atomic mass is 79.9. The van der Waals surface area contributed by atoms with Crippen molar-refractivity contribution in [1.29, 1.82) is 0 Å². The standard InChI is InChI=1S/C11H9BrClN3O2S/c1-7-2-3-14-10(4-7)16-19(17,18)8-5-9(12)11(13)15-6-8/h2-6H,1H3,(H,14,16). The normalized spacial score (nSPS) is 11.3. The van der Waals surface area contributed by atoms with E-state index in [0.29, 0.717) is 4.47 Å². The highest BCUT2D eigenvalue weighted by Gasteiger charge is 2.16. The van der Waals surface area contributed by atoms with Gasteiger partial charge in [-0.3, -0.25) is 4.72 Å². The number of halogens is 2. The van der Waals surface area contributed by atoms with Crippen LogP contribution in [0.4, 0.5) is 5.82 Å². The van der Waals surface area contributed by atoms with Crippen LogP contribution in [-0.2, 0) is 10.0 Å². The highest BCUT2D eigenvalue weighted by Crippen LogP contribution is 2.23. The summed E-state index contributed by atoms with van der Waals surface area (Å²) in [5, 5.41) is 0.202. The van der Waals surface area contributed by atoms with E-state index in [-0.39, 0.29) is 15.9 Å². The van der Waals surface area contributed by atoms with E-state index in [1.165, 1.54) is 18.5 Å². The topological polar surface area (TPSA) is 72.0 Å². The number of aryl methyl sites for hydroxylation is 1. The van der Waals surface area contributed by atoms with Gasteiger partial charge in [-0.15, -0.1) is 0 Å². The summed E-state index contributed by atoms with van der Waals surface area (Å²) in [6.07, 6.45) is 2.72. The SMILES string of the molecule is Cc1ccnc(NS(=O)(=O)c2cnc(Cl)c(Br)c2)c1. The van der Waals surface area contributed by atoms with E-state index in [9.17, 15) is 8.42 Å². The summed E-state index contributed by atoms with van der Waals surface area (Å²) in [6, 6.07) is 4.79. The maximum absolute atomic E-state index is 12.1. The number of pyridine rings is 2. The van der Waals surface area contributed by atoms with Gasteiger partial charge in [0.15, 0.2) is 0 Å². The molecule has 1 N–H and O–H groups in total. The van der Waals surface area contributed by atoms with Crippen molar-refractivity contribution in [2.45, 2.75) is 11.8 Å². The Balaban J connectivity index is 2.35. The molecule has 8 heteroatoms. The summed E-state index contributed by atoms with van der Waals surface area (Å²) in [7, 11) is -3.73. The Bertz CT molecular complexity index is 722. The molecule has 0 amide bonds. The van der Waals surface area contributed by atoms with Crippen LogP contribution in [0.1, 0.15) is 5.56 Å². The van der Waals surface area contributed by atoms with Crippen LogP contribution in [0.5, 0.6) is 0 Å². The Morgan fingerprint density at radius 3 is 2.68 bits per heavy atom. The van der Waals surface area contributed by atoms with Gasteiger partial charge in [0.05, 0.1) is 4.47 Å². The fourth-order valence-corrected chi connectivity index (χ4v) is 2.91. The summed E-state index contributed by atoms with van der Waals surface area (Å²) in [4.78, 5) is 7.73. The smallest absolute Gasteiger partial charge is 0.263 e.